The molecule has 0 unspecified atom stereocenters. The van der Waals surface area contributed by atoms with E-state index in [4.69, 9.17) is 4.74 Å². The summed E-state index contributed by atoms with van der Waals surface area (Å²) in [4.78, 5) is 14.2. The van der Waals surface area contributed by atoms with E-state index in [1.807, 2.05) is 34.9 Å². The molecule has 0 bridgehead atoms. The Kier molecular flexibility index (Phi) is 8.69. The summed E-state index contributed by atoms with van der Waals surface area (Å²) in [6.45, 7) is 4.80. The Morgan fingerprint density at radius 3 is 2.94 bits per heavy atom. The summed E-state index contributed by atoms with van der Waals surface area (Å²) in [5, 5.41) is 21.1. The predicted octanol–water partition coefficient (Wildman–Crippen LogP) is 3.38. The standard InChI is InChI=1S/C27H37NO4S/c1-19-3-2-4-20(13-19)15-23(29)5-6-24-25-16-21(14-22(25)17-26(24)30)18-33-12-7-27(31)28-8-10-32-11-9-28/h2-6,13-14,22-26,29-30H,7-12,15-18H2,1H3/t22-,23+,24+,25-,26+/m0/s1. The number of rotatable bonds is 9. The monoisotopic (exact) mass is 471 g/mol. The number of aliphatic hydroxyl groups is 2. The van der Waals surface area contributed by atoms with E-state index >= 15 is 0 Å². The van der Waals surface area contributed by atoms with Gasteiger partial charge in [0.2, 0.25) is 5.91 Å². The first-order chi connectivity index (χ1) is 16.0. The van der Waals surface area contributed by atoms with E-state index in [0.29, 0.717) is 37.9 Å². The number of aryl methyl sites for hydroxylation is 1. The zero-order valence-corrected chi connectivity index (χ0v) is 20.4. The lowest BCUT2D eigenvalue weighted by molar-refractivity contribution is -0.134. The summed E-state index contributed by atoms with van der Waals surface area (Å²) >= 11 is 1.84. The van der Waals surface area contributed by atoms with Gasteiger partial charge in [-0.05, 0) is 37.2 Å². The molecule has 2 fully saturated rings. The fourth-order valence-corrected chi connectivity index (χ4v) is 6.39. The first-order valence-corrected chi connectivity index (χ1v) is 13.4. The van der Waals surface area contributed by atoms with Crippen molar-refractivity contribution < 1.29 is 19.7 Å². The van der Waals surface area contributed by atoms with E-state index in [1.54, 1.807) is 0 Å². The van der Waals surface area contributed by atoms with E-state index in [1.165, 1.54) is 11.1 Å². The third-order valence-electron chi connectivity index (χ3n) is 7.14. The zero-order chi connectivity index (χ0) is 23.2. The molecule has 3 aliphatic rings. The minimum Gasteiger partial charge on any atom is -0.392 e. The molecule has 5 atom stereocenters. The van der Waals surface area contributed by atoms with Crippen LogP contribution in [0.3, 0.4) is 0 Å². The molecule has 1 aromatic rings. The number of carbonyl (C=O) groups excluding carboxylic acids is 1. The fourth-order valence-electron chi connectivity index (χ4n) is 5.45. The molecule has 1 aromatic carbocycles. The van der Waals surface area contributed by atoms with E-state index in [2.05, 4.69) is 31.2 Å². The lowest BCUT2D eigenvalue weighted by Gasteiger charge is -2.26. The molecule has 2 aliphatic carbocycles. The van der Waals surface area contributed by atoms with Gasteiger partial charge in [0, 0.05) is 43.4 Å². The highest BCUT2D eigenvalue weighted by Gasteiger charge is 2.43. The Labute approximate surface area is 201 Å². The fraction of sp³-hybridized carbons (Fsp3) is 0.593. The molecular formula is C27H37NO4S. The van der Waals surface area contributed by atoms with Crippen molar-refractivity contribution in [3.8, 4) is 0 Å². The molecule has 5 nitrogen and oxygen atoms in total. The molecule has 1 saturated heterocycles. The van der Waals surface area contributed by atoms with E-state index in [-0.39, 0.29) is 17.9 Å². The highest BCUT2D eigenvalue weighted by atomic mass is 32.2. The number of aliphatic hydroxyl groups excluding tert-OH is 2. The number of benzene rings is 1. The van der Waals surface area contributed by atoms with E-state index in [9.17, 15) is 15.0 Å². The van der Waals surface area contributed by atoms with Gasteiger partial charge in [0.15, 0.2) is 0 Å². The molecule has 4 rings (SSSR count). The van der Waals surface area contributed by atoms with Crippen LogP contribution in [0.15, 0.2) is 48.1 Å². The van der Waals surface area contributed by atoms with E-state index < -0.39 is 6.10 Å². The molecule has 6 heteroatoms. The average Bonchev–Trinajstić information content (AvgIpc) is 3.32. The number of carbonyl (C=O) groups is 1. The van der Waals surface area contributed by atoms with Gasteiger partial charge in [-0.25, -0.2) is 0 Å². The Bertz CT molecular complexity index is 863. The van der Waals surface area contributed by atoms with Crippen molar-refractivity contribution >= 4 is 17.7 Å². The second-order valence-electron chi connectivity index (χ2n) is 9.68. The summed E-state index contributed by atoms with van der Waals surface area (Å²) in [6.07, 6.45) is 8.43. The van der Waals surface area contributed by atoms with Crippen LogP contribution < -0.4 is 0 Å². The van der Waals surface area contributed by atoms with Crippen LogP contribution >= 0.6 is 11.8 Å². The molecule has 0 aromatic heterocycles. The van der Waals surface area contributed by atoms with Gasteiger partial charge >= 0.3 is 0 Å². The first kappa shape index (κ1) is 24.5. The normalized spacial score (nSPS) is 28.2. The average molecular weight is 472 g/mol. The maximum absolute atomic E-state index is 12.3. The number of fused-ring (bicyclic) bond motifs is 1. The second kappa shape index (κ2) is 11.7. The van der Waals surface area contributed by atoms with Gasteiger partial charge in [0.25, 0.3) is 0 Å². The Hall–Kier alpha value is -1.60. The predicted molar refractivity (Wildman–Crippen MR) is 133 cm³/mol. The summed E-state index contributed by atoms with van der Waals surface area (Å²) in [6, 6.07) is 8.24. The van der Waals surface area contributed by atoms with Gasteiger partial charge in [-0.3, -0.25) is 4.79 Å². The minimum absolute atomic E-state index is 0.101. The van der Waals surface area contributed by atoms with Gasteiger partial charge in [-0.1, -0.05) is 53.6 Å². The molecular weight excluding hydrogens is 434 g/mol. The Morgan fingerprint density at radius 1 is 1.33 bits per heavy atom. The third-order valence-corrected chi connectivity index (χ3v) is 8.21. The molecule has 1 amide bonds. The van der Waals surface area contributed by atoms with Crippen molar-refractivity contribution in [1.29, 1.82) is 0 Å². The lowest BCUT2D eigenvalue weighted by atomic mass is 9.89. The highest BCUT2D eigenvalue weighted by molar-refractivity contribution is 7.99. The van der Waals surface area contributed by atoms with Crippen LogP contribution in [0, 0.1) is 24.7 Å². The number of thioether (sulfide) groups is 1. The third kappa shape index (κ3) is 6.72. The van der Waals surface area contributed by atoms with Crippen LogP contribution in [0.2, 0.25) is 0 Å². The quantitative estimate of drug-likeness (QED) is 0.427. The van der Waals surface area contributed by atoms with Crippen molar-refractivity contribution in [2.45, 2.75) is 44.8 Å². The van der Waals surface area contributed by atoms with Gasteiger partial charge in [0.05, 0.1) is 25.4 Å². The van der Waals surface area contributed by atoms with Gasteiger partial charge in [-0.15, -0.1) is 0 Å². The number of ether oxygens (including phenoxy) is 1. The molecule has 33 heavy (non-hydrogen) atoms. The number of amides is 1. The maximum atomic E-state index is 12.3. The molecule has 0 spiro atoms. The topological polar surface area (TPSA) is 70.0 Å². The van der Waals surface area contributed by atoms with Gasteiger partial charge in [0.1, 0.15) is 0 Å². The zero-order valence-electron chi connectivity index (χ0n) is 19.6. The maximum Gasteiger partial charge on any atom is 0.223 e. The van der Waals surface area contributed by atoms with Crippen LogP contribution in [0.5, 0.6) is 0 Å². The molecule has 1 aliphatic heterocycles. The minimum atomic E-state index is -0.536. The second-order valence-corrected chi connectivity index (χ2v) is 10.8. The molecule has 1 saturated carbocycles. The smallest absolute Gasteiger partial charge is 0.223 e. The van der Waals surface area contributed by atoms with Crippen molar-refractivity contribution in [2.24, 2.45) is 17.8 Å². The van der Waals surface area contributed by atoms with Crippen LogP contribution in [0.4, 0.5) is 0 Å². The summed E-state index contributed by atoms with van der Waals surface area (Å²) < 4.78 is 5.31. The van der Waals surface area contributed by atoms with Crippen molar-refractivity contribution in [1.82, 2.24) is 4.90 Å². The number of allylic oxidation sites excluding steroid dienone is 1. The van der Waals surface area contributed by atoms with Crippen molar-refractivity contribution in [3.63, 3.8) is 0 Å². The largest absolute Gasteiger partial charge is 0.392 e. The first-order valence-electron chi connectivity index (χ1n) is 12.2. The Balaban J connectivity index is 1.21. The number of hydrogen-bond acceptors (Lipinski definition) is 5. The van der Waals surface area contributed by atoms with Crippen LogP contribution in [-0.4, -0.2) is 71.0 Å². The highest BCUT2D eigenvalue weighted by Crippen LogP contribution is 2.47. The van der Waals surface area contributed by atoms with Gasteiger partial charge < -0.3 is 19.8 Å². The SMILES string of the molecule is Cc1cccc(C[C@H](O)C=C[C@@H]2[C@H]3CC(CSCCC(=O)N4CCOCC4)=C[C@H]3C[C@H]2O)c1. The lowest BCUT2D eigenvalue weighted by Crippen LogP contribution is -2.40. The van der Waals surface area contributed by atoms with Crippen molar-refractivity contribution in [2.75, 3.05) is 37.8 Å². The van der Waals surface area contributed by atoms with Gasteiger partial charge in [-0.2, -0.15) is 11.8 Å². The van der Waals surface area contributed by atoms with Crippen molar-refractivity contribution in [3.05, 3.63) is 59.2 Å². The van der Waals surface area contributed by atoms with Crippen LogP contribution in [0.25, 0.3) is 0 Å². The summed E-state index contributed by atoms with van der Waals surface area (Å²) in [5.41, 5.74) is 3.77. The molecule has 2 N–H and O–H groups in total. The summed E-state index contributed by atoms with van der Waals surface area (Å²) in [7, 11) is 0. The number of morpholine rings is 1. The number of nitrogens with zero attached hydrogens (tertiary/aromatic N) is 1. The van der Waals surface area contributed by atoms with Crippen LogP contribution in [0.1, 0.15) is 30.4 Å². The molecule has 0 radical (unpaired) electrons. The molecule has 180 valence electrons. The Morgan fingerprint density at radius 2 is 2.15 bits per heavy atom. The number of hydrogen-bond donors (Lipinski definition) is 2. The van der Waals surface area contributed by atoms with E-state index in [0.717, 1.165) is 43.0 Å². The summed E-state index contributed by atoms with van der Waals surface area (Å²) in [5.74, 6) is 3.00. The molecule has 1 heterocycles. The van der Waals surface area contributed by atoms with Crippen LogP contribution in [-0.2, 0) is 16.0 Å².